The smallest absolute Gasteiger partial charge is 0.243 e. The maximum absolute atomic E-state index is 13.0. The van der Waals surface area contributed by atoms with Gasteiger partial charge in [0.25, 0.3) is 0 Å². The SMILES string of the molecule is O=C(CN1C(=O)CSc2ccc(S(=O)(=O)N3CCOCC3)cc21)NCc1cccs1. The summed E-state index contributed by atoms with van der Waals surface area (Å²) in [4.78, 5) is 28.3. The molecule has 0 aliphatic carbocycles. The maximum Gasteiger partial charge on any atom is 0.243 e. The Morgan fingerprint density at radius 2 is 2.00 bits per heavy atom. The number of sulfonamides is 1. The first kappa shape index (κ1) is 21.3. The van der Waals surface area contributed by atoms with Crippen LogP contribution in [0.4, 0.5) is 5.69 Å². The Labute approximate surface area is 183 Å². The van der Waals surface area contributed by atoms with E-state index in [0.717, 1.165) is 9.77 Å². The van der Waals surface area contributed by atoms with E-state index in [4.69, 9.17) is 4.74 Å². The van der Waals surface area contributed by atoms with E-state index in [1.807, 2.05) is 17.5 Å². The number of nitrogens with zero attached hydrogens (tertiary/aromatic N) is 2. The standard InChI is InChI=1S/C19H21N3O5S3/c23-18(20-11-14-2-1-9-28-14)12-22-16-10-15(3-4-17(16)29-13-19(22)24)30(25,26)21-5-7-27-8-6-21/h1-4,9-10H,5-8,11-13H2,(H,20,23). The number of nitrogens with one attached hydrogen (secondary N) is 1. The Morgan fingerprint density at radius 3 is 2.73 bits per heavy atom. The van der Waals surface area contributed by atoms with Crippen molar-refractivity contribution in [2.75, 3.05) is 43.5 Å². The van der Waals surface area contributed by atoms with Gasteiger partial charge >= 0.3 is 0 Å². The predicted octanol–water partition coefficient (Wildman–Crippen LogP) is 1.52. The van der Waals surface area contributed by atoms with Crippen LogP contribution in [0.2, 0.25) is 0 Å². The number of carbonyl (C=O) groups excluding carboxylic acids is 2. The van der Waals surface area contributed by atoms with E-state index in [1.54, 1.807) is 12.1 Å². The number of rotatable bonds is 6. The monoisotopic (exact) mass is 467 g/mol. The predicted molar refractivity (Wildman–Crippen MR) is 115 cm³/mol. The summed E-state index contributed by atoms with van der Waals surface area (Å²) in [5.41, 5.74) is 0.455. The highest BCUT2D eigenvalue weighted by Gasteiger charge is 2.31. The van der Waals surface area contributed by atoms with Gasteiger partial charge in [0, 0.05) is 22.9 Å². The Kier molecular flexibility index (Phi) is 6.44. The van der Waals surface area contributed by atoms with Crippen molar-refractivity contribution in [3.63, 3.8) is 0 Å². The minimum atomic E-state index is -3.70. The molecule has 30 heavy (non-hydrogen) atoms. The topological polar surface area (TPSA) is 96.0 Å². The second kappa shape index (κ2) is 9.06. The molecule has 0 bridgehead atoms. The van der Waals surface area contributed by atoms with Crippen molar-refractivity contribution in [2.45, 2.75) is 16.3 Å². The van der Waals surface area contributed by atoms with Gasteiger partial charge < -0.3 is 15.0 Å². The molecular weight excluding hydrogens is 446 g/mol. The first-order valence-electron chi connectivity index (χ1n) is 9.39. The number of fused-ring (bicyclic) bond motifs is 1. The summed E-state index contributed by atoms with van der Waals surface area (Å²) in [7, 11) is -3.70. The minimum absolute atomic E-state index is 0.113. The molecule has 1 fully saturated rings. The molecule has 2 aliphatic heterocycles. The van der Waals surface area contributed by atoms with Crippen molar-refractivity contribution in [3.8, 4) is 0 Å². The Hall–Kier alpha value is -1.92. The van der Waals surface area contributed by atoms with Crippen LogP contribution in [0.3, 0.4) is 0 Å². The third kappa shape index (κ3) is 4.54. The van der Waals surface area contributed by atoms with Gasteiger partial charge in [-0.1, -0.05) is 6.07 Å². The van der Waals surface area contributed by atoms with Gasteiger partial charge in [0.1, 0.15) is 6.54 Å². The van der Waals surface area contributed by atoms with Gasteiger partial charge in [0.2, 0.25) is 21.8 Å². The summed E-state index contributed by atoms with van der Waals surface area (Å²) in [6, 6.07) is 8.59. The fourth-order valence-electron chi connectivity index (χ4n) is 3.25. The van der Waals surface area contributed by atoms with Gasteiger partial charge in [-0.2, -0.15) is 4.31 Å². The van der Waals surface area contributed by atoms with E-state index < -0.39 is 10.0 Å². The number of hydrogen-bond donors (Lipinski definition) is 1. The molecule has 160 valence electrons. The van der Waals surface area contributed by atoms with E-state index in [0.29, 0.717) is 38.5 Å². The van der Waals surface area contributed by atoms with E-state index in [1.165, 1.54) is 38.4 Å². The lowest BCUT2D eigenvalue weighted by Gasteiger charge is -2.30. The average molecular weight is 468 g/mol. The number of carbonyl (C=O) groups is 2. The molecule has 0 radical (unpaired) electrons. The lowest BCUT2D eigenvalue weighted by molar-refractivity contribution is -0.123. The summed E-state index contributed by atoms with van der Waals surface area (Å²) in [5, 5.41) is 4.74. The number of morpholine rings is 1. The summed E-state index contributed by atoms with van der Waals surface area (Å²) in [5.74, 6) is -0.309. The molecule has 0 unspecified atom stereocenters. The molecule has 3 heterocycles. The van der Waals surface area contributed by atoms with E-state index >= 15 is 0 Å². The van der Waals surface area contributed by atoms with Crippen LogP contribution in [-0.2, 0) is 30.9 Å². The van der Waals surface area contributed by atoms with Gasteiger partial charge in [-0.15, -0.1) is 23.1 Å². The highest BCUT2D eigenvalue weighted by atomic mass is 32.2. The van der Waals surface area contributed by atoms with Crippen molar-refractivity contribution in [2.24, 2.45) is 0 Å². The van der Waals surface area contributed by atoms with Crippen LogP contribution in [0.25, 0.3) is 0 Å². The molecule has 0 atom stereocenters. The molecule has 0 spiro atoms. The first-order chi connectivity index (χ1) is 14.4. The molecule has 1 N–H and O–H groups in total. The van der Waals surface area contributed by atoms with E-state index in [2.05, 4.69) is 5.32 Å². The summed E-state index contributed by atoms with van der Waals surface area (Å²) >= 11 is 2.88. The Bertz CT molecular complexity index is 1030. The molecule has 1 aromatic heterocycles. The van der Waals surface area contributed by atoms with Crippen LogP contribution in [0.1, 0.15) is 4.88 Å². The number of ether oxygens (including phenoxy) is 1. The molecule has 1 saturated heterocycles. The van der Waals surface area contributed by atoms with Crippen LogP contribution >= 0.6 is 23.1 Å². The molecule has 2 aliphatic rings. The quantitative estimate of drug-likeness (QED) is 0.692. The third-order valence-electron chi connectivity index (χ3n) is 4.82. The highest BCUT2D eigenvalue weighted by Crippen LogP contribution is 2.37. The number of benzene rings is 1. The summed E-state index contributed by atoms with van der Waals surface area (Å²) < 4.78 is 32.6. The zero-order valence-electron chi connectivity index (χ0n) is 16.1. The van der Waals surface area contributed by atoms with E-state index in [9.17, 15) is 18.0 Å². The fourth-order valence-corrected chi connectivity index (χ4v) is 6.24. The van der Waals surface area contributed by atoms with Crippen molar-refractivity contribution in [1.82, 2.24) is 9.62 Å². The molecule has 11 heteroatoms. The molecular formula is C19H21N3O5S3. The third-order valence-corrected chi connectivity index (χ3v) is 8.64. The number of thiophene rings is 1. The molecule has 2 amide bonds. The largest absolute Gasteiger partial charge is 0.379 e. The zero-order valence-corrected chi connectivity index (χ0v) is 18.5. The van der Waals surface area contributed by atoms with Gasteiger partial charge in [0.15, 0.2) is 0 Å². The molecule has 8 nitrogen and oxygen atoms in total. The van der Waals surface area contributed by atoms with Gasteiger partial charge in [0.05, 0.1) is 36.1 Å². The molecule has 4 rings (SSSR count). The molecule has 2 aromatic rings. The van der Waals surface area contributed by atoms with Gasteiger partial charge in [-0.25, -0.2) is 8.42 Å². The zero-order chi connectivity index (χ0) is 21.1. The van der Waals surface area contributed by atoms with Gasteiger partial charge in [-0.05, 0) is 29.6 Å². The number of thioether (sulfide) groups is 1. The highest BCUT2D eigenvalue weighted by molar-refractivity contribution is 8.00. The van der Waals surface area contributed by atoms with Crippen LogP contribution < -0.4 is 10.2 Å². The first-order valence-corrected chi connectivity index (χ1v) is 12.7. The Morgan fingerprint density at radius 1 is 1.20 bits per heavy atom. The number of amides is 2. The maximum atomic E-state index is 13.0. The summed E-state index contributed by atoms with van der Waals surface area (Å²) in [6.45, 7) is 1.54. The van der Waals surface area contributed by atoms with Crippen molar-refractivity contribution in [1.29, 1.82) is 0 Å². The summed E-state index contributed by atoms with van der Waals surface area (Å²) in [6.07, 6.45) is 0. The normalized spacial score (nSPS) is 17.6. The molecule has 1 aromatic carbocycles. The van der Waals surface area contributed by atoms with Crippen molar-refractivity contribution in [3.05, 3.63) is 40.6 Å². The lowest BCUT2D eigenvalue weighted by Crippen LogP contribution is -2.43. The van der Waals surface area contributed by atoms with Crippen LogP contribution in [0.15, 0.2) is 45.5 Å². The number of hydrogen-bond acceptors (Lipinski definition) is 7. The van der Waals surface area contributed by atoms with E-state index in [-0.39, 0.29) is 29.0 Å². The minimum Gasteiger partial charge on any atom is -0.379 e. The van der Waals surface area contributed by atoms with Crippen LogP contribution in [0, 0.1) is 0 Å². The van der Waals surface area contributed by atoms with Crippen molar-refractivity contribution >= 4 is 50.6 Å². The second-order valence-electron chi connectivity index (χ2n) is 6.77. The Balaban J connectivity index is 1.54. The fraction of sp³-hybridized carbons (Fsp3) is 0.368. The van der Waals surface area contributed by atoms with Crippen LogP contribution in [-0.4, -0.2) is 63.1 Å². The lowest BCUT2D eigenvalue weighted by atomic mass is 10.2. The van der Waals surface area contributed by atoms with Crippen LogP contribution in [0.5, 0.6) is 0 Å². The average Bonchev–Trinajstić information content (AvgIpc) is 3.28. The second-order valence-corrected chi connectivity index (χ2v) is 10.8. The molecule has 0 saturated carbocycles. The van der Waals surface area contributed by atoms with Gasteiger partial charge in [-0.3, -0.25) is 9.59 Å². The number of anilines is 1. The van der Waals surface area contributed by atoms with Crippen molar-refractivity contribution < 1.29 is 22.7 Å².